The van der Waals surface area contributed by atoms with Crippen LogP contribution in [0.15, 0.2) is 0 Å². The van der Waals surface area contributed by atoms with E-state index in [0.29, 0.717) is 23.4 Å². The first-order valence-electron chi connectivity index (χ1n) is 8.51. The smallest absolute Gasteiger partial charge is 0.0593 e. The Morgan fingerprint density at radius 2 is 1.85 bits per heavy atom. The van der Waals surface area contributed by atoms with Crippen LogP contribution in [0.5, 0.6) is 0 Å². The number of hydrogen-bond acceptors (Lipinski definition) is 3. The summed E-state index contributed by atoms with van der Waals surface area (Å²) in [6, 6.07) is 0.642. The molecule has 1 heterocycles. The standard InChI is InChI=1S/C17H36N2O/c1-7-17(8-2)13-19(9-10-20-12-14(3)4)16(11-18-17)15(5)6/h14-16,18H,7-13H2,1-6H3. The van der Waals surface area contributed by atoms with Gasteiger partial charge in [-0.3, -0.25) is 4.90 Å². The van der Waals surface area contributed by atoms with Gasteiger partial charge in [0, 0.05) is 37.8 Å². The molecule has 0 aromatic heterocycles. The molecule has 0 amide bonds. The van der Waals surface area contributed by atoms with E-state index < -0.39 is 0 Å². The van der Waals surface area contributed by atoms with Gasteiger partial charge in [0.1, 0.15) is 0 Å². The van der Waals surface area contributed by atoms with Crippen LogP contribution in [0.2, 0.25) is 0 Å². The van der Waals surface area contributed by atoms with Gasteiger partial charge >= 0.3 is 0 Å². The topological polar surface area (TPSA) is 24.5 Å². The van der Waals surface area contributed by atoms with E-state index in [1.807, 2.05) is 0 Å². The molecule has 1 saturated heterocycles. The molecule has 3 heteroatoms. The Morgan fingerprint density at radius 3 is 2.35 bits per heavy atom. The number of nitrogens with zero attached hydrogens (tertiary/aromatic N) is 1. The first kappa shape index (κ1) is 17.9. The quantitative estimate of drug-likeness (QED) is 0.693. The Morgan fingerprint density at radius 1 is 1.20 bits per heavy atom. The minimum Gasteiger partial charge on any atom is -0.380 e. The van der Waals surface area contributed by atoms with Crippen molar-refractivity contribution in [3.05, 3.63) is 0 Å². The predicted molar refractivity (Wildman–Crippen MR) is 87.2 cm³/mol. The Labute approximate surface area is 126 Å². The molecule has 1 unspecified atom stereocenters. The van der Waals surface area contributed by atoms with Gasteiger partial charge in [-0.05, 0) is 24.7 Å². The third-order valence-corrected chi connectivity index (χ3v) is 4.76. The second kappa shape index (κ2) is 8.35. The molecule has 1 rings (SSSR count). The molecule has 0 aromatic carbocycles. The van der Waals surface area contributed by atoms with Gasteiger partial charge in [-0.15, -0.1) is 0 Å². The fourth-order valence-corrected chi connectivity index (χ4v) is 3.14. The van der Waals surface area contributed by atoms with Gasteiger partial charge in [0.2, 0.25) is 0 Å². The van der Waals surface area contributed by atoms with Gasteiger partial charge in [-0.25, -0.2) is 0 Å². The van der Waals surface area contributed by atoms with Crippen molar-refractivity contribution in [2.24, 2.45) is 11.8 Å². The van der Waals surface area contributed by atoms with Crippen LogP contribution in [0, 0.1) is 11.8 Å². The Balaban J connectivity index is 2.55. The van der Waals surface area contributed by atoms with Crippen LogP contribution in [-0.2, 0) is 4.74 Å². The monoisotopic (exact) mass is 284 g/mol. The molecular formula is C17H36N2O. The molecule has 1 aliphatic rings. The lowest BCUT2D eigenvalue weighted by Crippen LogP contribution is -2.65. The highest BCUT2D eigenvalue weighted by Crippen LogP contribution is 2.25. The Bertz CT molecular complexity index is 262. The molecule has 1 aliphatic heterocycles. The van der Waals surface area contributed by atoms with Crippen LogP contribution < -0.4 is 5.32 Å². The van der Waals surface area contributed by atoms with E-state index >= 15 is 0 Å². The summed E-state index contributed by atoms with van der Waals surface area (Å²) >= 11 is 0. The molecule has 0 bridgehead atoms. The van der Waals surface area contributed by atoms with E-state index in [-0.39, 0.29) is 0 Å². The summed E-state index contributed by atoms with van der Waals surface area (Å²) in [5.74, 6) is 1.32. The zero-order valence-corrected chi connectivity index (χ0v) is 14.5. The third kappa shape index (κ3) is 5.01. The van der Waals surface area contributed by atoms with Crippen molar-refractivity contribution in [3.63, 3.8) is 0 Å². The molecule has 0 spiro atoms. The average molecular weight is 284 g/mol. The normalized spacial score (nSPS) is 23.7. The molecule has 20 heavy (non-hydrogen) atoms. The summed E-state index contributed by atoms with van der Waals surface area (Å²) in [7, 11) is 0. The summed E-state index contributed by atoms with van der Waals surface area (Å²) in [6.45, 7) is 18.8. The first-order valence-corrected chi connectivity index (χ1v) is 8.51. The lowest BCUT2D eigenvalue weighted by molar-refractivity contribution is 0.0173. The molecule has 0 aliphatic carbocycles. The van der Waals surface area contributed by atoms with Crippen LogP contribution >= 0.6 is 0 Å². The number of ether oxygens (including phenoxy) is 1. The number of piperazine rings is 1. The lowest BCUT2D eigenvalue weighted by Gasteiger charge is -2.49. The van der Waals surface area contributed by atoms with E-state index in [4.69, 9.17) is 4.74 Å². The van der Waals surface area contributed by atoms with Crippen LogP contribution in [0.25, 0.3) is 0 Å². The molecule has 1 atom stereocenters. The summed E-state index contributed by atoms with van der Waals surface area (Å²) in [4.78, 5) is 2.66. The maximum absolute atomic E-state index is 5.80. The van der Waals surface area contributed by atoms with Crippen LogP contribution in [0.1, 0.15) is 54.4 Å². The third-order valence-electron chi connectivity index (χ3n) is 4.76. The highest BCUT2D eigenvalue weighted by molar-refractivity contribution is 4.97. The molecule has 0 radical (unpaired) electrons. The van der Waals surface area contributed by atoms with Crippen LogP contribution in [0.4, 0.5) is 0 Å². The van der Waals surface area contributed by atoms with Crippen LogP contribution in [-0.4, -0.2) is 49.3 Å². The molecule has 0 aromatic rings. The summed E-state index contributed by atoms with van der Waals surface area (Å²) < 4.78 is 5.80. The van der Waals surface area contributed by atoms with Crippen LogP contribution in [0.3, 0.4) is 0 Å². The van der Waals surface area contributed by atoms with Gasteiger partial charge in [-0.1, -0.05) is 41.5 Å². The minimum absolute atomic E-state index is 0.309. The highest BCUT2D eigenvalue weighted by atomic mass is 16.5. The van der Waals surface area contributed by atoms with E-state index in [2.05, 4.69) is 51.8 Å². The lowest BCUT2D eigenvalue weighted by atomic mass is 9.86. The molecule has 0 saturated carbocycles. The fourth-order valence-electron chi connectivity index (χ4n) is 3.14. The van der Waals surface area contributed by atoms with Crippen molar-refractivity contribution in [1.82, 2.24) is 10.2 Å². The summed E-state index contributed by atoms with van der Waals surface area (Å²) in [6.07, 6.45) is 2.41. The predicted octanol–water partition coefficient (Wildman–Crippen LogP) is 3.15. The number of nitrogens with one attached hydrogen (secondary N) is 1. The molecular weight excluding hydrogens is 248 g/mol. The molecule has 3 nitrogen and oxygen atoms in total. The maximum atomic E-state index is 5.80. The second-order valence-corrected chi connectivity index (χ2v) is 7.12. The zero-order valence-electron chi connectivity index (χ0n) is 14.5. The second-order valence-electron chi connectivity index (χ2n) is 7.12. The maximum Gasteiger partial charge on any atom is 0.0593 e. The van der Waals surface area contributed by atoms with Crippen molar-refractivity contribution < 1.29 is 4.74 Å². The van der Waals surface area contributed by atoms with Gasteiger partial charge in [0.25, 0.3) is 0 Å². The van der Waals surface area contributed by atoms with Gasteiger partial charge < -0.3 is 10.1 Å². The van der Waals surface area contributed by atoms with Gasteiger partial charge in [0.15, 0.2) is 0 Å². The summed E-state index contributed by atoms with van der Waals surface area (Å²) in [5, 5.41) is 3.82. The van der Waals surface area contributed by atoms with Gasteiger partial charge in [-0.2, -0.15) is 0 Å². The SMILES string of the molecule is CCC1(CC)CN(CCOCC(C)C)C(C(C)C)CN1. The molecule has 1 N–H and O–H groups in total. The van der Waals surface area contributed by atoms with Crippen molar-refractivity contribution in [2.45, 2.75) is 66.0 Å². The summed E-state index contributed by atoms with van der Waals surface area (Å²) in [5.41, 5.74) is 0.309. The van der Waals surface area contributed by atoms with Crippen molar-refractivity contribution in [2.75, 3.05) is 32.8 Å². The van der Waals surface area contributed by atoms with Crippen molar-refractivity contribution >= 4 is 0 Å². The first-order chi connectivity index (χ1) is 9.44. The average Bonchev–Trinajstić information content (AvgIpc) is 2.42. The van der Waals surface area contributed by atoms with E-state index in [0.717, 1.165) is 32.8 Å². The van der Waals surface area contributed by atoms with E-state index in [1.54, 1.807) is 0 Å². The zero-order chi connectivity index (χ0) is 15.2. The highest BCUT2D eigenvalue weighted by Gasteiger charge is 2.37. The van der Waals surface area contributed by atoms with Crippen molar-refractivity contribution in [3.8, 4) is 0 Å². The van der Waals surface area contributed by atoms with Gasteiger partial charge in [0.05, 0.1) is 6.61 Å². The number of rotatable bonds is 8. The fraction of sp³-hybridized carbons (Fsp3) is 1.00. The minimum atomic E-state index is 0.309. The molecule has 1 fully saturated rings. The largest absolute Gasteiger partial charge is 0.380 e. The molecule has 120 valence electrons. The van der Waals surface area contributed by atoms with E-state index in [9.17, 15) is 0 Å². The van der Waals surface area contributed by atoms with Crippen molar-refractivity contribution in [1.29, 1.82) is 0 Å². The Hall–Kier alpha value is -0.120. The number of hydrogen-bond donors (Lipinski definition) is 1. The Kier molecular flexibility index (Phi) is 7.49. The van der Waals surface area contributed by atoms with E-state index in [1.165, 1.54) is 12.8 Å².